The second-order valence-electron chi connectivity index (χ2n) is 7.58. The molecule has 1 N–H and O–H groups in total. The molecule has 2 aliphatic rings. The van der Waals surface area contributed by atoms with E-state index in [-0.39, 0.29) is 10.2 Å². The van der Waals surface area contributed by atoms with Gasteiger partial charge in [-0.25, -0.2) is 0 Å². The second-order valence-corrected chi connectivity index (χ2v) is 9.52. The number of fused-ring (bicyclic) bond motifs is 1. The highest BCUT2D eigenvalue weighted by Gasteiger charge is 2.46. The molecule has 1 aromatic rings. The number of benzene rings is 1. The van der Waals surface area contributed by atoms with E-state index in [1.807, 2.05) is 27.0 Å². The van der Waals surface area contributed by atoms with Crippen molar-refractivity contribution in [2.45, 2.75) is 50.7 Å². The molecule has 2 atom stereocenters. The highest BCUT2D eigenvalue weighted by Crippen LogP contribution is 2.51. The molecule has 1 aromatic carbocycles. The van der Waals surface area contributed by atoms with Crippen LogP contribution in [0.25, 0.3) is 0 Å². The number of nitrogens with zero attached hydrogens (tertiary/aromatic N) is 1. The van der Waals surface area contributed by atoms with Crippen molar-refractivity contribution in [1.82, 2.24) is 5.32 Å². The van der Waals surface area contributed by atoms with Crippen LogP contribution >= 0.6 is 0 Å². The predicted octanol–water partition coefficient (Wildman–Crippen LogP) is 3.23. The van der Waals surface area contributed by atoms with E-state index >= 15 is 0 Å². The van der Waals surface area contributed by atoms with Crippen molar-refractivity contribution >= 4 is 17.6 Å². The standard InChI is InChI=1S/C18H26N2OS/c1-17(2,3)22(21)20-13-16-15-7-5-4-6-14(15)12-18(16)8-10-19-11-9-18/h4-7,13,16,19H,8-12H2,1-3H3/b20-13-/t16?,22-/m0/s1. The molecule has 22 heavy (non-hydrogen) atoms. The van der Waals surface area contributed by atoms with Crippen LogP contribution in [0.1, 0.15) is 50.7 Å². The van der Waals surface area contributed by atoms with Crippen LogP contribution in [0.4, 0.5) is 0 Å². The molecule has 1 heterocycles. The lowest BCUT2D eigenvalue weighted by Crippen LogP contribution is -2.40. The Hall–Kier alpha value is -0.840. The third-order valence-electron chi connectivity index (χ3n) is 5.02. The Bertz CT molecular complexity index is 558. The molecule has 0 saturated carbocycles. The highest BCUT2D eigenvalue weighted by atomic mass is 32.2. The third kappa shape index (κ3) is 2.97. The Morgan fingerprint density at radius 2 is 1.95 bits per heavy atom. The van der Waals surface area contributed by atoms with Gasteiger partial charge >= 0.3 is 0 Å². The van der Waals surface area contributed by atoms with Crippen LogP contribution in [0, 0.1) is 5.41 Å². The smallest absolute Gasteiger partial charge is 0.144 e. The Morgan fingerprint density at radius 1 is 1.27 bits per heavy atom. The SMILES string of the molecule is CC(C)(C)[S@+]([O-])/N=C\C1c2ccccc2CC12CCNCC2. The third-order valence-corrected chi connectivity index (χ3v) is 6.38. The lowest BCUT2D eigenvalue weighted by molar-refractivity contribution is 0.204. The molecule has 1 saturated heterocycles. The zero-order valence-electron chi connectivity index (χ0n) is 13.8. The molecule has 0 amide bonds. The molecule has 0 bridgehead atoms. The maximum atomic E-state index is 12.3. The fraction of sp³-hybridized carbons (Fsp3) is 0.611. The Balaban J connectivity index is 1.92. The quantitative estimate of drug-likeness (QED) is 0.672. The topological polar surface area (TPSA) is 47.5 Å². The van der Waals surface area contributed by atoms with Crippen molar-refractivity contribution in [1.29, 1.82) is 0 Å². The molecular weight excluding hydrogens is 292 g/mol. The summed E-state index contributed by atoms with van der Waals surface area (Å²) in [7, 11) is 0. The summed E-state index contributed by atoms with van der Waals surface area (Å²) in [5.41, 5.74) is 3.10. The first kappa shape index (κ1) is 16.0. The average Bonchev–Trinajstić information content (AvgIpc) is 2.77. The van der Waals surface area contributed by atoms with E-state index in [2.05, 4.69) is 34.0 Å². The van der Waals surface area contributed by atoms with E-state index in [0.717, 1.165) is 19.5 Å². The maximum absolute atomic E-state index is 12.3. The normalized spacial score (nSPS) is 25.5. The Kier molecular flexibility index (Phi) is 4.36. The van der Waals surface area contributed by atoms with Crippen molar-refractivity contribution in [3.8, 4) is 0 Å². The van der Waals surface area contributed by atoms with Gasteiger partial charge in [-0.05, 0) is 69.7 Å². The second kappa shape index (κ2) is 5.99. The van der Waals surface area contributed by atoms with Crippen molar-refractivity contribution in [3.05, 3.63) is 35.4 Å². The zero-order chi connectivity index (χ0) is 15.8. The summed E-state index contributed by atoms with van der Waals surface area (Å²) < 4.78 is 16.5. The van der Waals surface area contributed by atoms with E-state index in [0.29, 0.717) is 5.92 Å². The van der Waals surface area contributed by atoms with Gasteiger partial charge in [0.2, 0.25) is 0 Å². The van der Waals surface area contributed by atoms with Crippen LogP contribution in [0.5, 0.6) is 0 Å². The Labute approximate surface area is 136 Å². The van der Waals surface area contributed by atoms with Gasteiger partial charge in [0.15, 0.2) is 0 Å². The monoisotopic (exact) mass is 318 g/mol. The molecule has 1 aliphatic heterocycles. The summed E-state index contributed by atoms with van der Waals surface area (Å²) in [6.45, 7) is 8.07. The van der Waals surface area contributed by atoms with E-state index < -0.39 is 11.4 Å². The molecular formula is C18H26N2OS. The minimum Gasteiger partial charge on any atom is -0.591 e. The summed E-state index contributed by atoms with van der Waals surface area (Å²) in [5.74, 6) is 0.303. The lowest BCUT2D eigenvalue weighted by Gasteiger charge is -2.38. The molecule has 0 radical (unpaired) electrons. The van der Waals surface area contributed by atoms with Crippen molar-refractivity contribution < 1.29 is 4.55 Å². The van der Waals surface area contributed by atoms with Gasteiger partial charge < -0.3 is 9.87 Å². The Morgan fingerprint density at radius 3 is 2.64 bits per heavy atom. The summed E-state index contributed by atoms with van der Waals surface area (Å²) in [6.07, 6.45) is 5.46. The minimum atomic E-state index is -1.18. The van der Waals surface area contributed by atoms with Gasteiger partial charge in [0.25, 0.3) is 0 Å². The van der Waals surface area contributed by atoms with Crippen molar-refractivity contribution in [2.24, 2.45) is 9.81 Å². The molecule has 3 rings (SSSR count). The van der Waals surface area contributed by atoms with Gasteiger partial charge in [-0.1, -0.05) is 28.7 Å². The fourth-order valence-corrected chi connectivity index (χ4v) is 4.29. The van der Waals surface area contributed by atoms with Crippen LogP contribution in [0.3, 0.4) is 0 Å². The lowest BCUT2D eigenvalue weighted by atomic mass is 9.70. The van der Waals surface area contributed by atoms with Crippen molar-refractivity contribution in [3.63, 3.8) is 0 Å². The van der Waals surface area contributed by atoms with Crippen LogP contribution in [-0.4, -0.2) is 28.6 Å². The first-order chi connectivity index (χ1) is 10.4. The number of rotatable bonds is 2. The molecule has 0 aromatic heterocycles. The van der Waals surface area contributed by atoms with Crippen LogP contribution in [0.2, 0.25) is 0 Å². The number of hydrogen-bond donors (Lipinski definition) is 1. The van der Waals surface area contributed by atoms with Crippen LogP contribution in [-0.2, 0) is 17.8 Å². The molecule has 1 unspecified atom stereocenters. The van der Waals surface area contributed by atoms with E-state index in [1.54, 1.807) is 0 Å². The van der Waals surface area contributed by atoms with Gasteiger partial charge in [-0.15, -0.1) is 0 Å². The van der Waals surface area contributed by atoms with Gasteiger partial charge in [0.05, 0.1) is 6.21 Å². The summed E-state index contributed by atoms with van der Waals surface area (Å²) in [4.78, 5) is 0. The first-order valence-corrected chi connectivity index (χ1v) is 9.28. The van der Waals surface area contributed by atoms with Gasteiger partial charge in [0.1, 0.15) is 16.1 Å². The largest absolute Gasteiger partial charge is 0.591 e. The van der Waals surface area contributed by atoms with Crippen molar-refractivity contribution in [2.75, 3.05) is 13.1 Å². The maximum Gasteiger partial charge on any atom is 0.144 e. The molecule has 1 aliphatic carbocycles. The van der Waals surface area contributed by atoms with E-state index in [9.17, 15) is 4.55 Å². The van der Waals surface area contributed by atoms with Crippen LogP contribution in [0.15, 0.2) is 28.7 Å². The molecule has 1 fully saturated rings. The number of piperidine rings is 1. The van der Waals surface area contributed by atoms with E-state index in [1.165, 1.54) is 24.0 Å². The zero-order valence-corrected chi connectivity index (χ0v) is 14.6. The average molecular weight is 318 g/mol. The minimum absolute atomic E-state index is 0.264. The first-order valence-electron chi connectivity index (χ1n) is 8.17. The van der Waals surface area contributed by atoms with E-state index in [4.69, 9.17) is 0 Å². The molecule has 4 heteroatoms. The summed E-state index contributed by atoms with van der Waals surface area (Å²) >= 11 is -1.18. The fourth-order valence-electron chi connectivity index (χ4n) is 3.74. The molecule has 120 valence electrons. The summed E-state index contributed by atoms with van der Waals surface area (Å²) in [5, 5.41) is 3.47. The molecule has 1 spiro atoms. The van der Waals surface area contributed by atoms with Gasteiger partial charge in [-0.2, -0.15) is 0 Å². The van der Waals surface area contributed by atoms with Crippen LogP contribution < -0.4 is 5.32 Å². The summed E-state index contributed by atoms with van der Waals surface area (Å²) in [6, 6.07) is 8.71. The number of hydrogen-bond acceptors (Lipinski definition) is 3. The highest BCUT2D eigenvalue weighted by molar-refractivity contribution is 7.91. The van der Waals surface area contributed by atoms with Gasteiger partial charge in [-0.3, -0.25) is 0 Å². The number of nitrogens with one attached hydrogen (secondary N) is 1. The van der Waals surface area contributed by atoms with Gasteiger partial charge in [0, 0.05) is 5.92 Å². The molecule has 3 nitrogen and oxygen atoms in total. The predicted molar refractivity (Wildman–Crippen MR) is 93.8 cm³/mol.